The second-order valence-electron chi connectivity index (χ2n) is 7.66. The minimum Gasteiger partial charge on any atom is -0.417 e. The van der Waals surface area contributed by atoms with Crippen molar-refractivity contribution in [3.8, 4) is 0 Å². The first-order chi connectivity index (χ1) is 15.6. The molecule has 0 unspecified atom stereocenters. The van der Waals surface area contributed by atoms with Crippen LogP contribution >= 0.6 is 11.6 Å². The smallest absolute Gasteiger partial charge is 0.308 e. The number of carbonyl (C=O) groups excluding carboxylic acids is 1. The zero-order valence-electron chi connectivity index (χ0n) is 17.6. The normalized spacial score (nSPS) is 14.5. The Morgan fingerprint density at radius 2 is 1.81 bits per heavy atom. The van der Waals surface area contributed by atoms with Gasteiger partial charge in [0.1, 0.15) is 5.82 Å². The number of hydrogen-bond donors (Lipinski definition) is 1. The van der Waals surface area contributed by atoms with Crippen molar-refractivity contribution in [3.63, 3.8) is 0 Å². The minimum absolute atomic E-state index is 0.0504. The number of halogens is 2. The van der Waals surface area contributed by atoms with Crippen molar-refractivity contribution in [2.24, 2.45) is 0 Å². The Hall–Kier alpha value is -2.97. The number of nitrogens with zero attached hydrogens (tertiary/aromatic N) is 4. The number of carbonyl (C=O) groups is 1. The van der Waals surface area contributed by atoms with Crippen LogP contribution in [0.5, 0.6) is 0 Å². The Morgan fingerprint density at radius 1 is 1.06 bits per heavy atom. The van der Waals surface area contributed by atoms with Gasteiger partial charge in [0.05, 0.1) is 12.1 Å². The summed E-state index contributed by atoms with van der Waals surface area (Å²) in [5, 5.41) is 11.2. The van der Waals surface area contributed by atoms with Crippen molar-refractivity contribution in [3.05, 3.63) is 76.7 Å². The Bertz CT molecular complexity index is 1050. The summed E-state index contributed by atoms with van der Waals surface area (Å²) in [6.45, 7) is 4.64. The Balaban J connectivity index is 1.17. The molecule has 0 radical (unpaired) electrons. The van der Waals surface area contributed by atoms with Crippen LogP contribution in [0.3, 0.4) is 0 Å². The van der Waals surface area contributed by atoms with Crippen molar-refractivity contribution in [2.45, 2.75) is 12.8 Å². The number of benzene rings is 2. The van der Waals surface area contributed by atoms with E-state index in [1.807, 2.05) is 30.3 Å². The van der Waals surface area contributed by atoms with Crippen molar-refractivity contribution in [2.75, 3.05) is 44.2 Å². The molecule has 2 aromatic carbocycles. The first kappa shape index (κ1) is 22.2. The van der Waals surface area contributed by atoms with E-state index in [1.54, 1.807) is 12.1 Å². The second kappa shape index (κ2) is 10.6. The van der Waals surface area contributed by atoms with Gasteiger partial charge in [-0.1, -0.05) is 41.9 Å². The largest absolute Gasteiger partial charge is 0.417 e. The predicted octanol–water partition coefficient (Wildman–Crippen LogP) is 3.40. The summed E-state index contributed by atoms with van der Waals surface area (Å²) in [6, 6.07) is 14.3. The summed E-state index contributed by atoms with van der Waals surface area (Å²) in [5.74, 6) is -0.270. The molecule has 1 saturated heterocycles. The molecule has 0 saturated carbocycles. The molecular weight excluding hydrogens is 433 g/mol. The zero-order valence-corrected chi connectivity index (χ0v) is 18.4. The summed E-state index contributed by atoms with van der Waals surface area (Å²) in [7, 11) is 0. The summed E-state index contributed by atoms with van der Waals surface area (Å²) < 4.78 is 19.4. The molecule has 1 fully saturated rings. The average molecular weight is 458 g/mol. The summed E-state index contributed by atoms with van der Waals surface area (Å²) in [5.41, 5.74) is 1.52. The highest BCUT2D eigenvalue weighted by molar-refractivity contribution is 6.31. The highest BCUT2D eigenvalue weighted by Gasteiger charge is 2.19. The standard InChI is InChI=1S/C23H25ClFN5O2/c24-18-7-2-1-6-17(18)16-21-27-28-23(32-21)22(31)26-10-5-11-29-12-14-30(15-13-29)20-9-4-3-8-19(20)25/h1-4,6-9H,5,10-16H2,(H,26,31). The molecule has 1 aliphatic heterocycles. The average Bonchev–Trinajstić information content (AvgIpc) is 3.28. The minimum atomic E-state index is -0.382. The summed E-state index contributed by atoms with van der Waals surface area (Å²) >= 11 is 6.15. The van der Waals surface area contributed by atoms with Gasteiger partial charge in [0.25, 0.3) is 0 Å². The number of piperazine rings is 1. The molecule has 168 valence electrons. The molecule has 1 aromatic heterocycles. The van der Waals surface area contributed by atoms with Gasteiger partial charge < -0.3 is 14.6 Å². The molecule has 3 aromatic rings. The monoisotopic (exact) mass is 457 g/mol. The molecular formula is C23H25ClFN5O2. The highest BCUT2D eigenvalue weighted by Crippen LogP contribution is 2.20. The van der Waals surface area contributed by atoms with Gasteiger partial charge >= 0.3 is 11.8 Å². The number of hydrogen-bond acceptors (Lipinski definition) is 6. The van der Waals surface area contributed by atoms with Gasteiger partial charge in [-0.15, -0.1) is 10.2 Å². The molecule has 9 heteroatoms. The zero-order chi connectivity index (χ0) is 22.3. The lowest BCUT2D eigenvalue weighted by Crippen LogP contribution is -2.47. The topological polar surface area (TPSA) is 74.5 Å². The van der Waals surface area contributed by atoms with E-state index in [4.69, 9.17) is 16.0 Å². The van der Waals surface area contributed by atoms with Crippen LogP contribution in [-0.2, 0) is 6.42 Å². The third-order valence-corrected chi connectivity index (χ3v) is 5.83. The lowest BCUT2D eigenvalue weighted by Gasteiger charge is -2.36. The molecule has 0 atom stereocenters. The van der Waals surface area contributed by atoms with Crippen LogP contribution in [0.4, 0.5) is 10.1 Å². The maximum absolute atomic E-state index is 13.9. The van der Waals surface area contributed by atoms with Gasteiger partial charge in [-0.05, 0) is 36.7 Å². The van der Waals surface area contributed by atoms with Gasteiger partial charge in [-0.3, -0.25) is 9.69 Å². The molecule has 1 amide bonds. The molecule has 0 spiro atoms. The lowest BCUT2D eigenvalue weighted by atomic mass is 10.1. The predicted molar refractivity (Wildman–Crippen MR) is 121 cm³/mol. The van der Waals surface area contributed by atoms with Gasteiger partial charge in [-0.25, -0.2) is 4.39 Å². The van der Waals surface area contributed by atoms with E-state index in [-0.39, 0.29) is 17.6 Å². The maximum atomic E-state index is 13.9. The number of rotatable bonds is 8. The molecule has 2 heterocycles. The van der Waals surface area contributed by atoms with E-state index in [0.717, 1.165) is 44.7 Å². The molecule has 1 aliphatic rings. The highest BCUT2D eigenvalue weighted by atomic mass is 35.5. The number of amides is 1. The van der Waals surface area contributed by atoms with Gasteiger partial charge in [0.15, 0.2) is 0 Å². The fourth-order valence-electron chi connectivity index (χ4n) is 3.72. The molecule has 0 bridgehead atoms. The van der Waals surface area contributed by atoms with Crippen LogP contribution in [0.1, 0.15) is 28.6 Å². The van der Waals surface area contributed by atoms with Crippen LogP contribution < -0.4 is 10.2 Å². The van der Waals surface area contributed by atoms with Crippen LogP contribution in [-0.4, -0.2) is 60.3 Å². The van der Waals surface area contributed by atoms with E-state index in [0.29, 0.717) is 29.6 Å². The van der Waals surface area contributed by atoms with Crippen LogP contribution in [0, 0.1) is 5.82 Å². The van der Waals surface area contributed by atoms with Crippen LogP contribution in [0.15, 0.2) is 52.9 Å². The molecule has 7 nitrogen and oxygen atoms in total. The number of aromatic nitrogens is 2. The Morgan fingerprint density at radius 3 is 2.59 bits per heavy atom. The molecule has 32 heavy (non-hydrogen) atoms. The van der Waals surface area contributed by atoms with E-state index >= 15 is 0 Å². The SMILES string of the molecule is O=C(NCCCN1CCN(c2ccccc2F)CC1)c1nnc(Cc2ccccc2Cl)o1. The van der Waals surface area contributed by atoms with Crippen molar-refractivity contribution in [1.82, 2.24) is 20.4 Å². The van der Waals surface area contributed by atoms with Crippen molar-refractivity contribution < 1.29 is 13.6 Å². The van der Waals surface area contributed by atoms with Crippen molar-refractivity contribution in [1.29, 1.82) is 0 Å². The second-order valence-corrected chi connectivity index (χ2v) is 8.07. The number of nitrogens with one attached hydrogen (secondary N) is 1. The van der Waals surface area contributed by atoms with Gasteiger partial charge in [-0.2, -0.15) is 0 Å². The Labute approximate surface area is 191 Å². The first-order valence-corrected chi connectivity index (χ1v) is 11.0. The van der Waals surface area contributed by atoms with Crippen LogP contribution in [0.25, 0.3) is 0 Å². The first-order valence-electron chi connectivity index (χ1n) is 10.7. The third kappa shape index (κ3) is 5.63. The lowest BCUT2D eigenvalue weighted by molar-refractivity contribution is 0.0915. The maximum Gasteiger partial charge on any atom is 0.308 e. The number of para-hydroxylation sites is 1. The summed E-state index contributed by atoms with van der Waals surface area (Å²) in [4.78, 5) is 16.7. The van der Waals surface area contributed by atoms with E-state index in [9.17, 15) is 9.18 Å². The Kier molecular flexibility index (Phi) is 7.34. The fourth-order valence-corrected chi connectivity index (χ4v) is 3.92. The quantitative estimate of drug-likeness (QED) is 0.523. The van der Waals surface area contributed by atoms with E-state index < -0.39 is 0 Å². The van der Waals surface area contributed by atoms with Crippen LogP contribution in [0.2, 0.25) is 5.02 Å². The third-order valence-electron chi connectivity index (χ3n) is 5.46. The molecule has 0 aliphatic carbocycles. The van der Waals surface area contributed by atoms with Crippen molar-refractivity contribution >= 4 is 23.2 Å². The number of anilines is 1. The molecule has 1 N–H and O–H groups in total. The van der Waals surface area contributed by atoms with Gasteiger partial charge in [0, 0.05) is 37.7 Å². The van der Waals surface area contributed by atoms with E-state index in [1.165, 1.54) is 6.07 Å². The molecule has 4 rings (SSSR count). The van der Waals surface area contributed by atoms with E-state index in [2.05, 4.69) is 25.3 Å². The fraction of sp³-hybridized carbons (Fsp3) is 0.348. The van der Waals surface area contributed by atoms with Gasteiger partial charge in [0.2, 0.25) is 5.89 Å². The summed E-state index contributed by atoms with van der Waals surface area (Å²) in [6.07, 6.45) is 1.17.